The van der Waals surface area contributed by atoms with E-state index in [1.807, 2.05) is 0 Å². The first kappa shape index (κ1) is 16.2. The summed E-state index contributed by atoms with van der Waals surface area (Å²) in [6, 6.07) is 6.34. The third-order valence-electron chi connectivity index (χ3n) is 2.23. The van der Waals surface area contributed by atoms with Gasteiger partial charge >= 0.3 is 0 Å². The number of carbonyl (C=O) groups excluding carboxylic acids is 3. The molecule has 1 rings (SSSR count). The van der Waals surface area contributed by atoms with Crippen LogP contribution in [-0.4, -0.2) is 40.9 Å². The van der Waals surface area contributed by atoms with E-state index in [9.17, 15) is 14.4 Å². The second-order valence-corrected chi connectivity index (χ2v) is 5.04. The van der Waals surface area contributed by atoms with E-state index in [2.05, 4.69) is 10.6 Å². The van der Waals surface area contributed by atoms with E-state index in [0.29, 0.717) is 11.3 Å². The van der Waals surface area contributed by atoms with E-state index in [1.165, 1.54) is 6.92 Å². The van der Waals surface area contributed by atoms with Gasteiger partial charge in [-0.05, 0) is 24.3 Å². The summed E-state index contributed by atoms with van der Waals surface area (Å²) in [4.78, 5) is 33.8. The minimum Gasteiger partial charge on any atom is -0.395 e. The average Bonchev–Trinajstić information content (AvgIpc) is 2.43. The summed E-state index contributed by atoms with van der Waals surface area (Å²) in [6.07, 6.45) is 0. The van der Waals surface area contributed by atoms with Crippen LogP contribution in [0.5, 0.6) is 0 Å². The van der Waals surface area contributed by atoms with Crippen molar-refractivity contribution in [3.63, 3.8) is 0 Å². The average molecular weight is 296 g/mol. The number of thioether (sulfide) groups is 1. The largest absolute Gasteiger partial charge is 0.395 e. The minimum absolute atomic E-state index is 0.0636. The molecule has 2 amide bonds. The van der Waals surface area contributed by atoms with E-state index in [4.69, 9.17) is 5.11 Å². The number of aliphatic hydroxyl groups excluding tert-OH is 1. The smallest absolute Gasteiger partial charge is 0.251 e. The highest BCUT2D eigenvalue weighted by Gasteiger charge is 2.07. The quantitative estimate of drug-likeness (QED) is 0.715. The molecule has 0 aliphatic heterocycles. The molecule has 0 atom stereocenters. The van der Waals surface area contributed by atoms with Crippen LogP contribution in [0.2, 0.25) is 0 Å². The fraction of sp³-hybridized carbons (Fsp3) is 0.308. The Kier molecular flexibility index (Phi) is 6.75. The zero-order valence-electron chi connectivity index (χ0n) is 11.0. The molecule has 0 saturated heterocycles. The van der Waals surface area contributed by atoms with Crippen LogP contribution in [0.25, 0.3) is 0 Å². The van der Waals surface area contributed by atoms with Crippen molar-refractivity contribution in [3.05, 3.63) is 29.8 Å². The van der Waals surface area contributed by atoms with Gasteiger partial charge in [0.2, 0.25) is 5.91 Å². The van der Waals surface area contributed by atoms with Crippen LogP contribution < -0.4 is 10.6 Å². The number of amides is 2. The Bertz CT molecular complexity index is 488. The van der Waals surface area contributed by atoms with Gasteiger partial charge in [0, 0.05) is 24.7 Å². The van der Waals surface area contributed by atoms with E-state index in [-0.39, 0.29) is 35.8 Å². The van der Waals surface area contributed by atoms with Crippen molar-refractivity contribution < 1.29 is 19.5 Å². The standard InChI is InChI=1S/C13H16N2O4S/c1-9(17)20-8-12(18)15-11-4-2-10(3-5-11)13(19)14-6-7-16/h2-5,16H,6-8H2,1H3,(H,14,19)(H,15,18). The number of rotatable bonds is 6. The van der Waals surface area contributed by atoms with Crippen molar-refractivity contribution in [2.75, 3.05) is 24.2 Å². The predicted molar refractivity (Wildman–Crippen MR) is 77.6 cm³/mol. The number of carbonyl (C=O) groups is 3. The molecule has 6 nitrogen and oxygen atoms in total. The molecule has 1 aromatic rings. The van der Waals surface area contributed by atoms with Crippen LogP contribution in [0.4, 0.5) is 5.69 Å². The van der Waals surface area contributed by atoms with Crippen molar-refractivity contribution in [1.82, 2.24) is 5.32 Å². The van der Waals surface area contributed by atoms with E-state index in [0.717, 1.165) is 11.8 Å². The van der Waals surface area contributed by atoms with E-state index in [1.54, 1.807) is 24.3 Å². The molecule has 0 aromatic heterocycles. The zero-order chi connectivity index (χ0) is 15.0. The van der Waals surface area contributed by atoms with Gasteiger partial charge in [-0.15, -0.1) is 0 Å². The van der Waals surface area contributed by atoms with Gasteiger partial charge in [-0.25, -0.2) is 0 Å². The second kappa shape index (κ2) is 8.34. The third kappa shape index (κ3) is 5.85. The van der Waals surface area contributed by atoms with Crippen molar-refractivity contribution in [1.29, 1.82) is 0 Å². The Morgan fingerprint density at radius 2 is 1.85 bits per heavy atom. The van der Waals surface area contributed by atoms with Gasteiger partial charge in [0.25, 0.3) is 5.91 Å². The van der Waals surface area contributed by atoms with Crippen molar-refractivity contribution >= 4 is 34.4 Å². The molecule has 0 fully saturated rings. The van der Waals surface area contributed by atoms with Gasteiger partial charge in [0.15, 0.2) is 5.12 Å². The maximum Gasteiger partial charge on any atom is 0.251 e. The van der Waals surface area contributed by atoms with Crippen LogP contribution in [0.15, 0.2) is 24.3 Å². The number of nitrogens with one attached hydrogen (secondary N) is 2. The highest BCUT2D eigenvalue weighted by molar-refractivity contribution is 8.14. The topological polar surface area (TPSA) is 95.5 Å². The molecule has 7 heteroatoms. The Morgan fingerprint density at radius 3 is 2.40 bits per heavy atom. The lowest BCUT2D eigenvalue weighted by molar-refractivity contribution is -0.114. The first-order valence-electron chi connectivity index (χ1n) is 5.95. The van der Waals surface area contributed by atoms with Gasteiger partial charge < -0.3 is 15.7 Å². The molecular weight excluding hydrogens is 280 g/mol. The first-order valence-corrected chi connectivity index (χ1v) is 6.94. The molecule has 1 aromatic carbocycles. The highest BCUT2D eigenvalue weighted by atomic mass is 32.2. The Balaban J connectivity index is 2.51. The van der Waals surface area contributed by atoms with Crippen LogP contribution in [0.1, 0.15) is 17.3 Å². The van der Waals surface area contributed by atoms with Crippen LogP contribution in [0, 0.1) is 0 Å². The fourth-order valence-corrected chi connectivity index (χ4v) is 1.75. The summed E-state index contributed by atoms with van der Waals surface area (Å²) in [5.41, 5.74) is 0.993. The summed E-state index contributed by atoms with van der Waals surface area (Å²) in [7, 11) is 0. The summed E-state index contributed by atoms with van der Waals surface area (Å²) < 4.78 is 0. The third-order valence-corrected chi connectivity index (χ3v) is 3.05. The number of benzene rings is 1. The Labute approximate surface area is 120 Å². The van der Waals surface area contributed by atoms with Gasteiger partial charge in [0.05, 0.1) is 12.4 Å². The highest BCUT2D eigenvalue weighted by Crippen LogP contribution is 2.10. The van der Waals surface area contributed by atoms with Gasteiger partial charge in [0.1, 0.15) is 0 Å². The SMILES string of the molecule is CC(=O)SCC(=O)Nc1ccc(C(=O)NCCO)cc1. The summed E-state index contributed by atoms with van der Waals surface area (Å²) in [6.45, 7) is 1.48. The molecule has 0 radical (unpaired) electrons. The van der Waals surface area contributed by atoms with Crippen LogP contribution >= 0.6 is 11.8 Å². The lowest BCUT2D eigenvalue weighted by Crippen LogP contribution is -2.26. The summed E-state index contributed by atoms with van der Waals surface area (Å²) in [5.74, 6) is -0.500. The lowest BCUT2D eigenvalue weighted by atomic mass is 10.2. The zero-order valence-corrected chi connectivity index (χ0v) is 11.8. The van der Waals surface area contributed by atoms with Gasteiger partial charge in [-0.3, -0.25) is 14.4 Å². The summed E-state index contributed by atoms with van der Waals surface area (Å²) in [5, 5.41) is 13.6. The molecule has 20 heavy (non-hydrogen) atoms. The van der Waals surface area contributed by atoms with Gasteiger partial charge in [-0.1, -0.05) is 11.8 Å². The van der Waals surface area contributed by atoms with Crippen LogP contribution in [-0.2, 0) is 9.59 Å². The molecule has 0 saturated carbocycles. The molecule has 3 N–H and O–H groups in total. The Morgan fingerprint density at radius 1 is 1.20 bits per heavy atom. The molecule has 0 aliphatic carbocycles. The number of aliphatic hydroxyl groups is 1. The number of hydrogen-bond donors (Lipinski definition) is 3. The first-order chi connectivity index (χ1) is 9.52. The molecule has 108 valence electrons. The molecule has 0 spiro atoms. The maximum absolute atomic E-state index is 11.6. The maximum atomic E-state index is 11.6. The normalized spacial score (nSPS) is 9.90. The second-order valence-electron chi connectivity index (χ2n) is 3.89. The van der Waals surface area contributed by atoms with Crippen molar-refractivity contribution in [2.24, 2.45) is 0 Å². The molecule has 0 bridgehead atoms. The Hall–Kier alpha value is -1.86. The van der Waals surface area contributed by atoms with E-state index >= 15 is 0 Å². The molecule has 0 aliphatic rings. The minimum atomic E-state index is -0.288. The lowest BCUT2D eigenvalue weighted by Gasteiger charge is -2.06. The van der Waals surface area contributed by atoms with Crippen LogP contribution in [0.3, 0.4) is 0 Å². The molecular formula is C13H16N2O4S. The van der Waals surface area contributed by atoms with E-state index < -0.39 is 0 Å². The summed E-state index contributed by atoms with van der Waals surface area (Å²) >= 11 is 0.937. The molecule has 0 heterocycles. The predicted octanol–water partition coefficient (Wildman–Crippen LogP) is 0.627. The van der Waals surface area contributed by atoms with Crippen molar-refractivity contribution in [3.8, 4) is 0 Å². The monoisotopic (exact) mass is 296 g/mol. The fourth-order valence-electron chi connectivity index (χ4n) is 1.34. The molecule has 0 unspecified atom stereocenters. The number of anilines is 1. The van der Waals surface area contributed by atoms with Gasteiger partial charge in [-0.2, -0.15) is 0 Å². The number of hydrogen-bond acceptors (Lipinski definition) is 5. The van der Waals surface area contributed by atoms with Crippen molar-refractivity contribution in [2.45, 2.75) is 6.92 Å².